The third-order valence-electron chi connectivity index (χ3n) is 4.93. The van der Waals surface area contributed by atoms with E-state index in [1.54, 1.807) is 6.07 Å². The number of hydrogen-bond donors (Lipinski definition) is 1. The van der Waals surface area contributed by atoms with Crippen molar-refractivity contribution in [1.29, 1.82) is 0 Å². The van der Waals surface area contributed by atoms with E-state index in [1.807, 2.05) is 0 Å². The minimum absolute atomic E-state index is 0.0278. The summed E-state index contributed by atoms with van der Waals surface area (Å²) in [7, 11) is -3.54. The van der Waals surface area contributed by atoms with Gasteiger partial charge in [-0.3, -0.25) is 4.79 Å². The summed E-state index contributed by atoms with van der Waals surface area (Å²) in [6.45, 7) is 2.99. The molecule has 0 aromatic heterocycles. The quantitative estimate of drug-likeness (QED) is 0.864. The zero-order chi connectivity index (χ0) is 17.9. The molecule has 138 valence electrons. The van der Waals surface area contributed by atoms with Crippen LogP contribution in [-0.4, -0.2) is 39.3 Å². The average Bonchev–Trinajstić information content (AvgIpc) is 2.62. The Bertz CT molecular complexity index is 731. The molecule has 1 amide bonds. The number of benzene rings is 1. The third-order valence-corrected chi connectivity index (χ3v) is 6.64. The SMILES string of the molecule is C[C@H]1CCCC[C@H]1NC(=O)CCS(=O)(=O)c1ccc2c(c1)OCCO2. The molecule has 1 heterocycles. The summed E-state index contributed by atoms with van der Waals surface area (Å²) >= 11 is 0. The summed E-state index contributed by atoms with van der Waals surface area (Å²) in [6.07, 6.45) is 4.37. The number of carbonyl (C=O) groups is 1. The number of hydrogen-bond acceptors (Lipinski definition) is 5. The summed E-state index contributed by atoms with van der Waals surface area (Å²) < 4.78 is 35.8. The lowest BCUT2D eigenvalue weighted by Crippen LogP contribution is -2.41. The highest BCUT2D eigenvalue weighted by molar-refractivity contribution is 7.91. The molecule has 1 fully saturated rings. The highest BCUT2D eigenvalue weighted by Gasteiger charge is 2.24. The van der Waals surface area contributed by atoms with E-state index < -0.39 is 9.84 Å². The van der Waals surface area contributed by atoms with E-state index in [0.717, 1.165) is 19.3 Å². The number of amides is 1. The summed E-state index contributed by atoms with van der Waals surface area (Å²) in [4.78, 5) is 12.3. The monoisotopic (exact) mass is 367 g/mol. The van der Waals surface area contributed by atoms with Crippen LogP contribution in [0.2, 0.25) is 0 Å². The van der Waals surface area contributed by atoms with Gasteiger partial charge < -0.3 is 14.8 Å². The first-order valence-corrected chi connectivity index (χ1v) is 10.5. The van der Waals surface area contributed by atoms with Crippen LogP contribution in [0.1, 0.15) is 39.0 Å². The Balaban J connectivity index is 1.59. The highest BCUT2D eigenvalue weighted by Crippen LogP contribution is 2.32. The van der Waals surface area contributed by atoms with E-state index in [0.29, 0.717) is 30.6 Å². The highest BCUT2D eigenvalue weighted by atomic mass is 32.2. The van der Waals surface area contributed by atoms with Crippen LogP contribution >= 0.6 is 0 Å². The van der Waals surface area contributed by atoms with Crippen LogP contribution in [0.25, 0.3) is 0 Å². The molecular weight excluding hydrogens is 342 g/mol. The molecule has 1 aromatic rings. The fourth-order valence-electron chi connectivity index (χ4n) is 3.37. The molecule has 2 aliphatic rings. The van der Waals surface area contributed by atoms with Crippen LogP contribution in [0.15, 0.2) is 23.1 Å². The van der Waals surface area contributed by atoms with E-state index in [1.165, 1.54) is 18.6 Å². The van der Waals surface area contributed by atoms with Gasteiger partial charge >= 0.3 is 0 Å². The first-order chi connectivity index (χ1) is 12.0. The van der Waals surface area contributed by atoms with Crippen molar-refractivity contribution in [1.82, 2.24) is 5.32 Å². The Labute approximate surface area is 148 Å². The summed E-state index contributed by atoms with van der Waals surface area (Å²) in [6, 6.07) is 4.75. The van der Waals surface area contributed by atoms with Crippen LogP contribution < -0.4 is 14.8 Å². The topological polar surface area (TPSA) is 81.7 Å². The Morgan fingerprint density at radius 1 is 1.16 bits per heavy atom. The molecule has 0 spiro atoms. The Morgan fingerprint density at radius 3 is 2.64 bits per heavy atom. The maximum Gasteiger partial charge on any atom is 0.221 e. The van der Waals surface area contributed by atoms with Crippen LogP contribution in [0.4, 0.5) is 0 Å². The van der Waals surface area contributed by atoms with Crippen molar-refractivity contribution in [3.8, 4) is 11.5 Å². The standard InChI is InChI=1S/C18H25NO5S/c1-13-4-2-3-5-15(13)19-18(20)8-11-25(21,22)14-6-7-16-17(12-14)24-10-9-23-16/h6-7,12-13,15H,2-5,8-11H2,1H3,(H,19,20)/t13-,15+/m0/s1. The normalized spacial score (nSPS) is 23.1. The predicted molar refractivity (Wildman–Crippen MR) is 93.7 cm³/mol. The fourth-order valence-corrected chi connectivity index (χ4v) is 4.62. The number of sulfone groups is 1. The molecule has 1 saturated carbocycles. The maximum absolute atomic E-state index is 12.5. The molecule has 1 aliphatic carbocycles. The summed E-state index contributed by atoms with van der Waals surface area (Å²) in [5.41, 5.74) is 0. The van der Waals surface area contributed by atoms with Gasteiger partial charge in [-0.05, 0) is 30.9 Å². The van der Waals surface area contributed by atoms with Crippen molar-refractivity contribution in [3.05, 3.63) is 18.2 Å². The lowest BCUT2D eigenvalue weighted by atomic mass is 9.86. The second-order valence-electron chi connectivity index (χ2n) is 6.81. The fraction of sp³-hybridized carbons (Fsp3) is 0.611. The molecule has 0 radical (unpaired) electrons. The molecule has 0 unspecified atom stereocenters. The lowest BCUT2D eigenvalue weighted by molar-refractivity contribution is -0.122. The number of fused-ring (bicyclic) bond motifs is 1. The van der Waals surface area contributed by atoms with Gasteiger partial charge in [0.05, 0.1) is 10.6 Å². The number of rotatable bonds is 5. The maximum atomic E-state index is 12.5. The molecule has 7 heteroatoms. The molecule has 3 rings (SSSR count). The average molecular weight is 367 g/mol. The van der Waals surface area contributed by atoms with E-state index in [4.69, 9.17) is 9.47 Å². The smallest absolute Gasteiger partial charge is 0.221 e. The van der Waals surface area contributed by atoms with Crippen molar-refractivity contribution in [3.63, 3.8) is 0 Å². The summed E-state index contributed by atoms with van der Waals surface area (Å²) in [5, 5.41) is 2.99. The first kappa shape index (κ1) is 18.0. The molecule has 1 aliphatic heterocycles. The van der Waals surface area contributed by atoms with Gasteiger partial charge in [0.2, 0.25) is 5.91 Å². The van der Waals surface area contributed by atoms with Crippen molar-refractivity contribution < 1.29 is 22.7 Å². The largest absolute Gasteiger partial charge is 0.486 e. The Morgan fingerprint density at radius 2 is 1.88 bits per heavy atom. The number of carbonyl (C=O) groups excluding carboxylic acids is 1. The second kappa shape index (κ2) is 7.64. The Hall–Kier alpha value is -1.76. The van der Waals surface area contributed by atoms with Crippen LogP contribution in [0, 0.1) is 5.92 Å². The van der Waals surface area contributed by atoms with E-state index in [9.17, 15) is 13.2 Å². The van der Waals surface area contributed by atoms with E-state index in [-0.39, 0.29) is 29.0 Å². The van der Waals surface area contributed by atoms with Gasteiger partial charge in [0.15, 0.2) is 21.3 Å². The van der Waals surface area contributed by atoms with E-state index >= 15 is 0 Å². The first-order valence-electron chi connectivity index (χ1n) is 8.87. The molecule has 25 heavy (non-hydrogen) atoms. The molecule has 6 nitrogen and oxygen atoms in total. The predicted octanol–water partition coefficient (Wildman–Crippen LogP) is 2.32. The Kier molecular flexibility index (Phi) is 5.51. The minimum Gasteiger partial charge on any atom is -0.486 e. The zero-order valence-electron chi connectivity index (χ0n) is 14.5. The number of nitrogens with one attached hydrogen (secondary N) is 1. The van der Waals surface area contributed by atoms with Gasteiger partial charge in [-0.1, -0.05) is 19.8 Å². The van der Waals surface area contributed by atoms with Gasteiger partial charge in [-0.25, -0.2) is 8.42 Å². The van der Waals surface area contributed by atoms with Gasteiger partial charge in [0.1, 0.15) is 13.2 Å². The van der Waals surface area contributed by atoms with Crippen molar-refractivity contribution in [2.45, 2.75) is 50.0 Å². The van der Waals surface area contributed by atoms with Gasteiger partial charge in [0, 0.05) is 18.5 Å². The van der Waals surface area contributed by atoms with Crippen molar-refractivity contribution in [2.75, 3.05) is 19.0 Å². The molecule has 1 aromatic carbocycles. The van der Waals surface area contributed by atoms with Crippen LogP contribution in [0.5, 0.6) is 11.5 Å². The van der Waals surface area contributed by atoms with Crippen LogP contribution in [-0.2, 0) is 14.6 Å². The lowest BCUT2D eigenvalue weighted by Gasteiger charge is -2.29. The molecule has 2 atom stereocenters. The zero-order valence-corrected chi connectivity index (χ0v) is 15.3. The van der Waals surface area contributed by atoms with Crippen LogP contribution in [0.3, 0.4) is 0 Å². The minimum atomic E-state index is -3.54. The van der Waals surface area contributed by atoms with Gasteiger partial charge in [-0.15, -0.1) is 0 Å². The summed E-state index contributed by atoms with van der Waals surface area (Å²) in [5.74, 6) is 1.04. The van der Waals surface area contributed by atoms with Crippen molar-refractivity contribution in [2.24, 2.45) is 5.92 Å². The van der Waals surface area contributed by atoms with Crippen molar-refractivity contribution >= 4 is 15.7 Å². The third kappa shape index (κ3) is 4.45. The molecule has 0 saturated heterocycles. The molecular formula is C18H25NO5S. The molecule has 1 N–H and O–H groups in total. The van der Waals surface area contributed by atoms with Gasteiger partial charge in [-0.2, -0.15) is 0 Å². The number of ether oxygens (including phenoxy) is 2. The van der Waals surface area contributed by atoms with Gasteiger partial charge in [0.25, 0.3) is 0 Å². The molecule has 0 bridgehead atoms. The second-order valence-corrected chi connectivity index (χ2v) is 8.92. The van der Waals surface area contributed by atoms with E-state index in [2.05, 4.69) is 12.2 Å².